The molecule has 1 aromatic carbocycles. The van der Waals surface area contributed by atoms with Crippen molar-refractivity contribution >= 4 is 55.8 Å². The van der Waals surface area contributed by atoms with Crippen molar-refractivity contribution in [2.75, 3.05) is 13.7 Å². The molecular weight excluding hydrogens is 424 g/mol. The van der Waals surface area contributed by atoms with Gasteiger partial charge < -0.3 is 14.8 Å². The van der Waals surface area contributed by atoms with E-state index in [2.05, 4.69) is 47.2 Å². The average Bonchev–Trinajstić information content (AvgIpc) is 2.75. The van der Waals surface area contributed by atoms with Gasteiger partial charge in [0.15, 0.2) is 6.61 Å². The number of carbonyl (C=O) groups excluding carboxylic acids is 3. The zero-order valence-electron chi connectivity index (χ0n) is 11.2. The molecule has 0 bridgehead atoms. The van der Waals surface area contributed by atoms with E-state index in [1.807, 2.05) is 0 Å². The number of nitrogens with one attached hydrogen (secondary N) is 2. The Bertz CT molecular complexity index is 664. The zero-order chi connectivity index (χ0) is 16.3. The molecule has 0 spiro atoms. The summed E-state index contributed by atoms with van der Waals surface area (Å²) in [6, 6.07) is 2.80. The van der Waals surface area contributed by atoms with Gasteiger partial charge in [0, 0.05) is 0 Å². The van der Waals surface area contributed by atoms with E-state index < -0.39 is 17.9 Å². The molecule has 116 valence electrons. The van der Waals surface area contributed by atoms with E-state index in [0.29, 0.717) is 20.3 Å². The first-order chi connectivity index (χ1) is 10.4. The highest BCUT2D eigenvalue weighted by Gasteiger charge is 2.23. The summed E-state index contributed by atoms with van der Waals surface area (Å²) in [6.07, 6.45) is 1.51. The molecule has 0 aliphatic carbocycles. The minimum absolute atomic E-state index is 0.145. The van der Waals surface area contributed by atoms with Crippen LogP contribution in [0.1, 0.15) is 5.56 Å². The van der Waals surface area contributed by atoms with Gasteiger partial charge in [-0.3, -0.25) is 10.1 Å². The Morgan fingerprint density at radius 1 is 1.23 bits per heavy atom. The first-order valence-electron chi connectivity index (χ1n) is 5.93. The summed E-state index contributed by atoms with van der Waals surface area (Å²) in [4.78, 5) is 33.6. The highest BCUT2D eigenvalue weighted by atomic mass is 79.9. The lowest BCUT2D eigenvalue weighted by Crippen LogP contribution is -2.22. The fourth-order valence-electron chi connectivity index (χ4n) is 1.64. The monoisotopic (exact) mass is 432 g/mol. The minimum Gasteiger partial charge on any atom is -0.480 e. The first kappa shape index (κ1) is 16.5. The van der Waals surface area contributed by atoms with Gasteiger partial charge in [0.05, 0.1) is 16.1 Å². The first-order valence-corrected chi connectivity index (χ1v) is 7.52. The molecule has 1 aromatic rings. The number of hydrogen-bond acceptors (Lipinski definition) is 5. The molecule has 0 saturated carbocycles. The Balaban J connectivity index is 2.23. The van der Waals surface area contributed by atoms with Crippen molar-refractivity contribution < 1.29 is 23.9 Å². The zero-order valence-corrected chi connectivity index (χ0v) is 14.4. The number of carbonyl (C=O) groups is 3. The Kier molecular flexibility index (Phi) is 5.19. The average molecular weight is 434 g/mol. The Labute approximate surface area is 142 Å². The van der Waals surface area contributed by atoms with Gasteiger partial charge in [-0.05, 0) is 55.6 Å². The fourth-order valence-corrected chi connectivity index (χ4v) is 3.09. The van der Waals surface area contributed by atoms with Crippen LogP contribution in [0.4, 0.5) is 4.79 Å². The standard InChI is InChI=1S/C13H10Br2N2O5/c1-21-10(18)5-22-11-7(14)2-6(3-8(11)15)4-9-12(19)17-13(20)16-9/h2-4H,5H2,1H3,(H2,16,17,19,20). The van der Waals surface area contributed by atoms with Gasteiger partial charge in [0.2, 0.25) is 0 Å². The fraction of sp³-hybridized carbons (Fsp3) is 0.154. The van der Waals surface area contributed by atoms with Crippen LogP contribution in [0.2, 0.25) is 0 Å². The maximum atomic E-state index is 11.5. The molecule has 7 nitrogen and oxygen atoms in total. The van der Waals surface area contributed by atoms with Gasteiger partial charge in [-0.1, -0.05) is 0 Å². The van der Waals surface area contributed by atoms with Crippen LogP contribution in [0.5, 0.6) is 5.75 Å². The van der Waals surface area contributed by atoms with Crippen molar-refractivity contribution in [2.45, 2.75) is 0 Å². The quantitative estimate of drug-likeness (QED) is 0.430. The molecule has 1 saturated heterocycles. The number of hydrogen-bond donors (Lipinski definition) is 2. The number of urea groups is 1. The highest BCUT2D eigenvalue weighted by molar-refractivity contribution is 9.11. The third-order valence-corrected chi connectivity index (χ3v) is 3.79. The molecule has 1 fully saturated rings. The molecule has 9 heteroatoms. The van der Waals surface area contributed by atoms with Crippen LogP contribution in [0.3, 0.4) is 0 Å². The van der Waals surface area contributed by atoms with Crippen molar-refractivity contribution in [3.63, 3.8) is 0 Å². The summed E-state index contributed by atoms with van der Waals surface area (Å²) in [5.74, 6) is -0.578. The van der Waals surface area contributed by atoms with Crippen LogP contribution in [0.25, 0.3) is 6.08 Å². The van der Waals surface area contributed by atoms with Gasteiger partial charge in [-0.15, -0.1) is 0 Å². The van der Waals surface area contributed by atoms with Crippen molar-refractivity contribution in [1.82, 2.24) is 10.6 Å². The van der Waals surface area contributed by atoms with Crippen molar-refractivity contribution in [2.24, 2.45) is 0 Å². The second kappa shape index (κ2) is 6.93. The molecule has 0 radical (unpaired) electrons. The van der Waals surface area contributed by atoms with Crippen molar-refractivity contribution in [3.8, 4) is 5.75 Å². The van der Waals surface area contributed by atoms with Gasteiger partial charge in [0.25, 0.3) is 5.91 Å². The second-order valence-corrected chi connectivity index (χ2v) is 5.85. The predicted octanol–water partition coefficient (Wildman–Crippen LogP) is 1.94. The molecule has 1 heterocycles. The van der Waals surface area contributed by atoms with Crippen LogP contribution < -0.4 is 15.4 Å². The molecule has 0 aromatic heterocycles. The summed E-state index contributed by atoms with van der Waals surface area (Å²) in [6.45, 7) is -0.230. The summed E-state index contributed by atoms with van der Waals surface area (Å²) in [5, 5.41) is 4.50. The molecule has 0 unspecified atom stereocenters. The van der Waals surface area contributed by atoms with Gasteiger partial charge >= 0.3 is 12.0 Å². The lowest BCUT2D eigenvalue weighted by Gasteiger charge is -2.10. The number of halogens is 2. The molecule has 22 heavy (non-hydrogen) atoms. The topological polar surface area (TPSA) is 93.7 Å². The van der Waals surface area contributed by atoms with E-state index in [1.54, 1.807) is 12.1 Å². The molecule has 1 aliphatic rings. The largest absolute Gasteiger partial charge is 0.480 e. The van der Waals surface area contributed by atoms with Gasteiger partial charge in [-0.25, -0.2) is 9.59 Å². The Morgan fingerprint density at radius 2 is 1.86 bits per heavy atom. The van der Waals surface area contributed by atoms with Gasteiger partial charge in [0.1, 0.15) is 11.4 Å². The lowest BCUT2D eigenvalue weighted by molar-refractivity contribution is -0.142. The Morgan fingerprint density at radius 3 is 2.36 bits per heavy atom. The summed E-state index contributed by atoms with van der Waals surface area (Å²) >= 11 is 6.64. The van der Waals surface area contributed by atoms with Crippen LogP contribution in [-0.2, 0) is 14.3 Å². The van der Waals surface area contributed by atoms with Crippen LogP contribution in [0.15, 0.2) is 26.8 Å². The smallest absolute Gasteiger partial charge is 0.343 e. The van der Waals surface area contributed by atoms with E-state index in [1.165, 1.54) is 13.2 Å². The maximum absolute atomic E-state index is 11.5. The van der Waals surface area contributed by atoms with Crippen molar-refractivity contribution in [3.05, 3.63) is 32.3 Å². The third kappa shape index (κ3) is 3.86. The summed E-state index contributed by atoms with van der Waals surface area (Å²) < 4.78 is 11.0. The van der Waals surface area contributed by atoms with Gasteiger partial charge in [-0.2, -0.15) is 0 Å². The Hall–Kier alpha value is -1.87. The molecule has 3 amide bonds. The SMILES string of the molecule is COC(=O)COc1c(Br)cc(C=C2NC(=O)NC2=O)cc1Br. The number of methoxy groups -OCH3 is 1. The van der Waals surface area contributed by atoms with E-state index in [9.17, 15) is 14.4 Å². The lowest BCUT2D eigenvalue weighted by atomic mass is 10.2. The normalized spacial score (nSPS) is 15.5. The van der Waals surface area contributed by atoms with Crippen LogP contribution >= 0.6 is 31.9 Å². The number of imide groups is 1. The second-order valence-electron chi connectivity index (χ2n) is 4.14. The molecule has 2 N–H and O–H groups in total. The molecule has 1 aliphatic heterocycles. The maximum Gasteiger partial charge on any atom is 0.343 e. The molecular formula is C13H10Br2N2O5. The molecule has 0 atom stereocenters. The van der Waals surface area contributed by atoms with E-state index in [0.717, 1.165) is 0 Å². The number of rotatable bonds is 4. The predicted molar refractivity (Wildman–Crippen MR) is 84.0 cm³/mol. The van der Waals surface area contributed by atoms with E-state index in [4.69, 9.17) is 4.74 Å². The highest BCUT2D eigenvalue weighted by Crippen LogP contribution is 2.35. The minimum atomic E-state index is -0.563. The van der Waals surface area contributed by atoms with Crippen LogP contribution in [-0.4, -0.2) is 31.6 Å². The third-order valence-electron chi connectivity index (χ3n) is 2.61. The number of benzene rings is 1. The van der Waals surface area contributed by atoms with E-state index in [-0.39, 0.29) is 12.3 Å². The molecule has 2 rings (SSSR count). The number of ether oxygens (including phenoxy) is 2. The summed E-state index contributed by atoms with van der Waals surface area (Å²) in [7, 11) is 1.27. The number of esters is 1. The van der Waals surface area contributed by atoms with Crippen LogP contribution in [0, 0.1) is 0 Å². The summed E-state index contributed by atoms with van der Waals surface area (Å²) in [5.41, 5.74) is 0.795. The van der Waals surface area contributed by atoms with Crippen molar-refractivity contribution in [1.29, 1.82) is 0 Å². The number of amides is 3. The van der Waals surface area contributed by atoms with E-state index >= 15 is 0 Å².